The molecule has 1 heterocycles. The number of nitrogens with two attached hydrogens (primary N) is 1. The normalized spacial score (nSPS) is 10.5. The first kappa shape index (κ1) is 13.6. The molecule has 0 aliphatic carbocycles. The molecule has 2 rings (SSSR count). The fraction of sp³-hybridized carbons (Fsp3) is 0. The summed E-state index contributed by atoms with van der Waals surface area (Å²) in [5.41, 5.74) is 6.68. The molecule has 1 amide bonds. The van der Waals surface area contributed by atoms with Crippen molar-refractivity contribution in [3.63, 3.8) is 0 Å². The lowest BCUT2D eigenvalue weighted by atomic mass is 10.3. The number of amides is 1. The summed E-state index contributed by atoms with van der Waals surface area (Å²) in [6, 6.07) is 8.71. The van der Waals surface area contributed by atoms with E-state index in [1.165, 1.54) is 0 Å². The summed E-state index contributed by atoms with van der Waals surface area (Å²) in [5, 5.41) is 8.63. The number of hydroxylamine groups is 1. The quantitative estimate of drug-likeness (QED) is 0.573. The molecule has 86 valence electrons. The van der Waals surface area contributed by atoms with Gasteiger partial charge in [-0.2, -0.15) is 0 Å². The molecule has 1 aliphatic heterocycles. The zero-order valence-corrected chi connectivity index (χ0v) is 8.61. The van der Waals surface area contributed by atoms with Crippen LogP contribution in [0.1, 0.15) is 0 Å². The first-order chi connectivity index (χ1) is 7.81. The number of hydrogen-bond acceptors (Lipinski definition) is 4. The molecule has 0 bridgehead atoms. The minimum absolute atomic E-state index is 0.250. The van der Waals surface area contributed by atoms with Crippen molar-refractivity contribution in [2.45, 2.75) is 0 Å². The van der Waals surface area contributed by atoms with Gasteiger partial charge in [-0.1, -0.05) is 18.2 Å². The number of phenolic OH excluding ortho intramolecular Hbond substituents is 1. The summed E-state index contributed by atoms with van der Waals surface area (Å²) in [7, 11) is 0. The van der Waals surface area contributed by atoms with Gasteiger partial charge in [-0.15, -0.1) is 0 Å². The van der Waals surface area contributed by atoms with Gasteiger partial charge < -0.3 is 15.7 Å². The van der Waals surface area contributed by atoms with E-state index in [4.69, 9.17) is 9.90 Å². The number of primary amides is 1. The molecule has 0 saturated heterocycles. The zero-order chi connectivity index (χ0) is 12.1. The van der Waals surface area contributed by atoms with Gasteiger partial charge in [0.15, 0.2) is 0 Å². The van der Waals surface area contributed by atoms with Crippen molar-refractivity contribution in [2.24, 2.45) is 5.73 Å². The second-order valence-corrected chi connectivity index (χ2v) is 2.39. The molecule has 0 radical (unpaired) electrons. The molecule has 0 spiro atoms. The third kappa shape index (κ3) is 9.66. The van der Waals surface area contributed by atoms with E-state index >= 15 is 0 Å². The summed E-state index contributed by atoms with van der Waals surface area (Å²) in [4.78, 5) is 13.1. The number of aromatic hydroxyl groups is 1. The van der Waals surface area contributed by atoms with E-state index < -0.39 is 0 Å². The molecule has 0 saturated carbocycles. The lowest BCUT2D eigenvalue weighted by molar-refractivity contribution is -0.106. The molecular weight excluding hydrogens is 208 g/mol. The number of phenols is 1. The first-order valence-electron chi connectivity index (χ1n) is 4.43. The third-order valence-electron chi connectivity index (χ3n) is 1.25. The Labute approximate surface area is 93.8 Å². The predicted molar refractivity (Wildman–Crippen MR) is 60.9 cm³/mol. The number of carbonyl (C=O) groups excluding carboxylic acids is 1. The predicted octanol–water partition coefficient (Wildman–Crippen LogP) is 1.04. The van der Waals surface area contributed by atoms with Crippen LogP contribution in [0.15, 0.2) is 54.9 Å². The fourth-order valence-corrected chi connectivity index (χ4v) is 0.686. The van der Waals surface area contributed by atoms with E-state index in [-0.39, 0.29) is 6.41 Å². The Hall–Kier alpha value is -2.43. The van der Waals surface area contributed by atoms with Crippen LogP contribution in [0, 0.1) is 0 Å². The zero-order valence-electron chi connectivity index (χ0n) is 8.61. The number of benzene rings is 1. The van der Waals surface area contributed by atoms with Crippen LogP contribution in [0.3, 0.4) is 0 Å². The lowest BCUT2D eigenvalue weighted by Crippen LogP contribution is -2.01. The van der Waals surface area contributed by atoms with Crippen molar-refractivity contribution in [2.75, 3.05) is 0 Å². The summed E-state index contributed by atoms with van der Waals surface area (Å²) < 4.78 is 0. The number of carbonyl (C=O) groups is 1. The summed E-state index contributed by atoms with van der Waals surface area (Å²) in [6.45, 7) is 0. The van der Waals surface area contributed by atoms with E-state index in [0.29, 0.717) is 5.75 Å². The number of nitrogens with one attached hydrogen (secondary N) is 1. The second kappa shape index (κ2) is 10.6. The summed E-state index contributed by atoms with van der Waals surface area (Å²) >= 11 is 0. The Morgan fingerprint density at radius 3 is 2.06 bits per heavy atom. The van der Waals surface area contributed by atoms with Crippen LogP contribution in [0.2, 0.25) is 0 Å². The molecule has 0 unspecified atom stereocenters. The molecule has 1 aliphatic rings. The van der Waals surface area contributed by atoms with E-state index in [1.54, 1.807) is 42.8 Å². The number of rotatable bonds is 0. The van der Waals surface area contributed by atoms with Gasteiger partial charge in [0, 0.05) is 6.20 Å². The highest BCUT2D eigenvalue weighted by Gasteiger charge is 1.74. The van der Waals surface area contributed by atoms with Gasteiger partial charge >= 0.3 is 0 Å². The largest absolute Gasteiger partial charge is 0.508 e. The Bertz CT molecular complexity index is 311. The van der Waals surface area contributed by atoms with Gasteiger partial charge in [-0.05, 0) is 24.3 Å². The second-order valence-electron chi connectivity index (χ2n) is 2.39. The van der Waals surface area contributed by atoms with Crippen LogP contribution in [-0.2, 0) is 9.63 Å². The average molecular weight is 222 g/mol. The van der Waals surface area contributed by atoms with Crippen molar-refractivity contribution < 1.29 is 14.7 Å². The SMILES string of the molecule is C1=CNOC=C1.NC=O.Oc1ccccc1. The van der Waals surface area contributed by atoms with Crippen LogP contribution in [-0.4, -0.2) is 11.5 Å². The highest BCUT2D eigenvalue weighted by Crippen LogP contribution is 2.02. The van der Waals surface area contributed by atoms with Crippen molar-refractivity contribution in [3.8, 4) is 5.75 Å². The highest BCUT2D eigenvalue weighted by molar-refractivity contribution is 5.42. The smallest absolute Gasteiger partial charge is 0.204 e. The van der Waals surface area contributed by atoms with E-state index in [1.807, 2.05) is 12.1 Å². The molecule has 1 aromatic rings. The third-order valence-corrected chi connectivity index (χ3v) is 1.25. The maximum atomic E-state index is 8.63. The minimum Gasteiger partial charge on any atom is -0.508 e. The molecular formula is C11H14N2O3. The van der Waals surface area contributed by atoms with Crippen LogP contribution in [0.4, 0.5) is 0 Å². The first-order valence-corrected chi connectivity index (χ1v) is 4.43. The summed E-state index contributed by atoms with van der Waals surface area (Å²) in [6.07, 6.45) is 7.18. The Morgan fingerprint density at radius 1 is 1.25 bits per heavy atom. The van der Waals surface area contributed by atoms with Crippen molar-refractivity contribution >= 4 is 6.41 Å². The van der Waals surface area contributed by atoms with Crippen molar-refractivity contribution in [1.29, 1.82) is 0 Å². The Morgan fingerprint density at radius 2 is 1.88 bits per heavy atom. The fourth-order valence-electron chi connectivity index (χ4n) is 0.686. The lowest BCUT2D eigenvalue weighted by Gasteiger charge is -1.97. The Balaban J connectivity index is 0.000000230. The standard InChI is InChI=1S/C6H6O.C4H5NO.CH3NO/c7-6-4-2-1-3-5-6;1-2-4-6-5-3-1;2-1-3/h1-5,7H;1-5H;1H,(H2,2,3). The summed E-state index contributed by atoms with van der Waals surface area (Å²) in [5.74, 6) is 0.322. The Kier molecular flexibility index (Phi) is 9.03. The minimum atomic E-state index is 0.250. The number of para-hydroxylation sites is 1. The molecule has 0 aromatic heterocycles. The molecule has 5 nitrogen and oxygen atoms in total. The molecule has 5 heteroatoms. The molecule has 0 fully saturated rings. The van der Waals surface area contributed by atoms with Gasteiger partial charge in [0.05, 0.1) is 0 Å². The van der Waals surface area contributed by atoms with Crippen LogP contribution in [0.25, 0.3) is 0 Å². The van der Waals surface area contributed by atoms with E-state index in [9.17, 15) is 0 Å². The highest BCUT2D eigenvalue weighted by atomic mass is 16.6. The monoisotopic (exact) mass is 222 g/mol. The maximum absolute atomic E-state index is 8.63. The van der Waals surface area contributed by atoms with Crippen LogP contribution in [0.5, 0.6) is 5.75 Å². The van der Waals surface area contributed by atoms with E-state index in [0.717, 1.165) is 0 Å². The number of hydrogen-bond donors (Lipinski definition) is 3. The average Bonchev–Trinajstić information content (AvgIpc) is 2.34. The molecule has 1 aromatic carbocycles. The van der Waals surface area contributed by atoms with E-state index in [2.05, 4.69) is 16.1 Å². The van der Waals surface area contributed by atoms with Gasteiger partial charge in [0.25, 0.3) is 0 Å². The molecule has 0 atom stereocenters. The van der Waals surface area contributed by atoms with Gasteiger partial charge in [-0.25, -0.2) is 5.48 Å². The van der Waals surface area contributed by atoms with Gasteiger partial charge in [0.1, 0.15) is 12.0 Å². The van der Waals surface area contributed by atoms with Crippen LogP contribution >= 0.6 is 0 Å². The van der Waals surface area contributed by atoms with Crippen molar-refractivity contribution in [1.82, 2.24) is 5.48 Å². The van der Waals surface area contributed by atoms with Gasteiger partial charge in [0.2, 0.25) is 6.41 Å². The molecule has 4 N–H and O–H groups in total. The van der Waals surface area contributed by atoms with Crippen LogP contribution < -0.4 is 11.2 Å². The van der Waals surface area contributed by atoms with Gasteiger partial charge in [-0.3, -0.25) is 4.79 Å². The topological polar surface area (TPSA) is 84.6 Å². The maximum Gasteiger partial charge on any atom is 0.204 e. The molecule has 16 heavy (non-hydrogen) atoms. The van der Waals surface area contributed by atoms with Crippen molar-refractivity contribution in [3.05, 3.63) is 54.9 Å². The number of allylic oxidation sites excluding steroid dienone is 2.